The summed E-state index contributed by atoms with van der Waals surface area (Å²) < 4.78 is 5.09. The number of furan rings is 1. The van der Waals surface area contributed by atoms with Gasteiger partial charge in [0.2, 0.25) is 0 Å². The molecule has 0 unspecified atom stereocenters. The van der Waals surface area contributed by atoms with Crippen molar-refractivity contribution in [1.82, 2.24) is 4.90 Å². The molecule has 4 rings (SSSR count). The summed E-state index contributed by atoms with van der Waals surface area (Å²) in [5, 5.41) is 6.36. The second kappa shape index (κ2) is 9.51. The van der Waals surface area contributed by atoms with E-state index in [2.05, 4.69) is 21.6 Å². The van der Waals surface area contributed by atoms with E-state index in [9.17, 15) is 9.59 Å². The first-order chi connectivity index (χ1) is 14.6. The third kappa shape index (κ3) is 4.95. The number of anilines is 2. The van der Waals surface area contributed by atoms with Crippen LogP contribution in [0, 0.1) is 6.92 Å². The highest BCUT2D eigenvalue weighted by atomic mass is 32.2. The van der Waals surface area contributed by atoms with Crippen molar-refractivity contribution < 1.29 is 14.0 Å². The van der Waals surface area contributed by atoms with Gasteiger partial charge in [0.05, 0.1) is 16.1 Å². The minimum atomic E-state index is -0.339. The van der Waals surface area contributed by atoms with Gasteiger partial charge in [-0.05, 0) is 48.4 Å². The third-order valence-electron chi connectivity index (χ3n) is 5.00. The molecular formula is C22H23N3O3S2. The zero-order valence-corrected chi connectivity index (χ0v) is 18.3. The van der Waals surface area contributed by atoms with Gasteiger partial charge in [-0.2, -0.15) is 11.8 Å². The number of hydrogen-bond acceptors (Lipinski definition) is 6. The Kier molecular flexibility index (Phi) is 6.56. The molecule has 1 aromatic carbocycles. The molecule has 1 aliphatic heterocycles. The SMILES string of the molecule is Cc1c(CN2CCSCC2)cccc1NC(=O)c1ccc(NC(=O)c2ccco2)s1. The van der Waals surface area contributed by atoms with Gasteiger partial charge in [0, 0.05) is 36.8 Å². The minimum absolute atomic E-state index is 0.187. The second-order valence-electron chi connectivity index (χ2n) is 7.03. The Morgan fingerprint density at radius 2 is 1.87 bits per heavy atom. The molecule has 156 valence electrons. The van der Waals surface area contributed by atoms with Gasteiger partial charge in [-0.15, -0.1) is 11.3 Å². The molecule has 3 heterocycles. The van der Waals surface area contributed by atoms with Crippen LogP contribution in [0.2, 0.25) is 0 Å². The molecular weight excluding hydrogens is 418 g/mol. The third-order valence-corrected chi connectivity index (χ3v) is 6.95. The van der Waals surface area contributed by atoms with Gasteiger partial charge in [0.25, 0.3) is 11.8 Å². The number of carbonyl (C=O) groups excluding carboxylic acids is 2. The van der Waals surface area contributed by atoms with Gasteiger partial charge in [0.1, 0.15) is 0 Å². The zero-order valence-electron chi connectivity index (χ0n) is 16.6. The summed E-state index contributed by atoms with van der Waals surface area (Å²) in [7, 11) is 0. The standard InChI is InChI=1S/C22H23N3O3S2/c1-15-16(14-25-9-12-29-13-10-25)4-2-5-17(15)23-22(27)19-7-8-20(30-19)24-21(26)18-6-3-11-28-18/h2-8,11H,9-10,12-14H2,1H3,(H,23,27)(H,24,26). The van der Waals surface area contributed by atoms with Crippen LogP contribution >= 0.6 is 23.1 Å². The van der Waals surface area contributed by atoms with Crippen LogP contribution in [-0.4, -0.2) is 41.3 Å². The maximum absolute atomic E-state index is 12.8. The van der Waals surface area contributed by atoms with E-state index in [1.807, 2.05) is 30.8 Å². The first kappa shape index (κ1) is 20.7. The van der Waals surface area contributed by atoms with Crippen LogP contribution in [0.25, 0.3) is 0 Å². The van der Waals surface area contributed by atoms with E-state index in [0.717, 1.165) is 30.9 Å². The summed E-state index contributed by atoms with van der Waals surface area (Å²) in [6.45, 7) is 5.15. The molecule has 2 N–H and O–H groups in total. The van der Waals surface area contributed by atoms with E-state index < -0.39 is 0 Å². The maximum atomic E-state index is 12.8. The number of thioether (sulfide) groups is 1. The molecule has 2 aromatic heterocycles. The molecule has 2 amide bonds. The average molecular weight is 442 g/mol. The fraction of sp³-hybridized carbons (Fsp3) is 0.273. The van der Waals surface area contributed by atoms with Crippen molar-refractivity contribution >= 4 is 45.6 Å². The van der Waals surface area contributed by atoms with E-state index in [-0.39, 0.29) is 17.6 Å². The van der Waals surface area contributed by atoms with Crippen molar-refractivity contribution in [3.63, 3.8) is 0 Å². The number of rotatable bonds is 6. The summed E-state index contributed by atoms with van der Waals surface area (Å²) >= 11 is 3.23. The Morgan fingerprint density at radius 3 is 2.63 bits per heavy atom. The molecule has 0 atom stereocenters. The lowest BCUT2D eigenvalue weighted by Crippen LogP contribution is -2.32. The Balaban J connectivity index is 1.41. The van der Waals surface area contributed by atoms with Gasteiger partial charge in [0.15, 0.2) is 5.76 Å². The fourth-order valence-corrected chi connectivity index (χ4v) is 5.06. The van der Waals surface area contributed by atoms with E-state index in [0.29, 0.717) is 9.88 Å². The molecule has 0 aliphatic carbocycles. The highest BCUT2D eigenvalue weighted by Crippen LogP contribution is 2.26. The summed E-state index contributed by atoms with van der Waals surface area (Å²) in [6, 6.07) is 12.7. The Bertz CT molecular complexity index is 1020. The monoisotopic (exact) mass is 441 g/mol. The van der Waals surface area contributed by atoms with E-state index in [1.54, 1.807) is 24.3 Å². The Labute approximate surface area is 183 Å². The van der Waals surface area contributed by atoms with Crippen LogP contribution in [0.1, 0.15) is 31.4 Å². The number of nitrogens with one attached hydrogen (secondary N) is 2. The van der Waals surface area contributed by atoms with Crippen molar-refractivity contribution in [3.8, 4) is 0 Å². The second-order valence-corrected chi connectivity index (χ2v) is 9.34. The highest BCUT2D eigenvalue weighted by molar-refractivity contribution is 7.99. The number of benzene rings is 1. The quantitative estimate of drug-likeness (QED) is 0.580. The average Bonchev–Trinajstić information content (AvgIpc) is 3.44. The van der Waals surface area contributed by atoms with Gasteiger partial charge < -0.3 is 15.1 Å². The predicted octanol–water partition coefficient (Wildman–Crippen LogP) is 4.70. The smallest absolute Gasteiger partial charge is 0.291 e. The van der Waals surface area contributed by atoms with Gasteiger partial charge in [-0.25, -0.2) is 0 Å². The summed E-state index contributed by atoms with van der Waals surface area (Å²) in [4.78, 5) is 27.8. The van der Waals surface area contributed by atoms with Gasteiger partial charge in [-0.3, -0.25) is 14.5 Å². The molecule has 8 heteroatoms. The number of hydrogen-bond donors (Lipinski definition) is 2. The highest BCUT2D eigenvalue weighted by Gasteiger charge is 2.16. The van der Waals surface area contributed by atoms with Crippen LogP contribution in [0.3, 0.4) is 0 Å². The summed E-state index contributed by atoms with van der Waals surface area (Å²) in [6.07, 6.45) is 1.45. The van der Waals surface area contributed by atoms with Gasteiger partial charge in [-0.1, -0.05) is 12.1 Å². The van der Waals surface area contributed by atoms with Crippen molar-refractivity contribution in [3.05, 3.63) is 70.5 Å². The molecule has 0 radical (unpaired) electrons. The number of thiophene rings is 1. The molecule has 0 spiro atoms. The molecule has 0 saturated carbocycles. The zero-order chi connectivity index (χ0) is 20.9. The summed E-state index contributed by atoms with van der Waals surface area (Å²) in [5.74, 6) is 2.05. The van der Waals surface area contributed by atoms with Crippen LogP contribution < -0.4 is 10.6 Å². The maximum Gasteiger partial charge on any atom is 0.291 e. The molecule has 1 aliphatic rings. The van der Waals surface area contributed by atoms with Crippen molar-refractivity contribution in [1.29, 1.82) is 0 Å². The largest absolute Gasteiger partial charge is 0.459 e. The Morgan fingerprint density at radius 1 is 1.03 bits per heavy atom. The topological polar surface area (TPSA) is 74.6 Å². The van der Waals surface area contributed by atoms with E-state index in [1.165, 1.54) is 34.7 Å². The fourth-order valence-electron chi connectivity index (χ4n) is 3.28. The van der Waals surface area contributed by atoms with Crippen LogP contribution in [0.4, 0.5) is 10.7 Å². The van der Waals surface area contributed by atoms with Gasteiger partial charge >= 0.3 is 0 Å². The predicted molar refractivity (Wildman–Crippen MR) is 123 cm³/mol. The number of nitrogens with zero attached hydrogens (tertiary/aromatic N) is 1. The lowest BCUT2D eigenvalue weighted by atomic mass is 10.1. The Hall–Kier alpha value is -2.55. The van der Waals surface area contributed by atoms with Crippen molar-refractivity contribution in [2.45, 2.75) is 13.5 Å². The number of amides is 2. The lowest BCUT2D eigenvalue weighted by Gasteiger charge is -2.27. The molecule has 1 saturated heterocycles. The van der Waals surface area contributed by atoms with E-state index >= 15 is 0 Å². The van der Waals surface area contributed by atoms with Crippen LogP contribution in [0.15, 0.2) is 53.1 Å². The minimum Gasteiger partial charge on any atom is -0.459 e. The van der Waals surface area contributed by atoms with Crippen LogP contribution in [0.5, 0.6) is 0 Å². The molecule has 0 bridgehead atoms. The molecule has 30 heavy (non-hydrogen) atoms. The first-order valence-electron chi connectivity index (χ1n) is 9.75. The molecule has 3 aromatic rings. The summed E-state index contributed by atoms with van der Waals surface area (Å²) in [5.41, 5.74) is 3.14. The number of carbonyl (C=O) groups is 2. The van der Waals surface area contributed by atoms with Crippen molar-refractivity contribution in [2.24, 2.45) is 0 Å². The van der Waals surface area contributed by atoms with Crippen LogP contribution in [-0.2, 0) is 6.54 Å². The van der Waals surface area contributed by atoms with Crippen molar-refractivity contribution in [2.75, 3.05) is 35.2 Å². The molecule has 1 fully saturated rings. The van der Waals surface area contributed by atoms with E-state index in [4.69, 9.17) is 4.42 Å². The first-order valence-corrected chi connectivity index (χ1v) is 11.7. The lowest BCUT2D eigenvalue weighted by molar-refractivity contribution is 0.0995. The molecule has 6 nitrogen and oxygen atoms in total. The normalized spacial score (nSPS) is 14.4.